The average molecular weight is 288 g/mol. The molecule has 5 rings (SSSR count). The van der Waals surface area contributed by atoms with Gasteiger partial charge in [0.25, 0.3) is 0 Å². The number of nitrogens with zero attached hydrogens (tertiary/aromatic N) is 1. The van der Waals surface area contributed by atoms with Crippen LogP contribution >= 0.6 is 0 Å². The molecule has 4 aliphatic rings. The van der Waals surface area contributed by atoms with E-state index in [1.165, 1.54) is 51.0 Å². The Labute approximate surface area is 126 Å². The van der Waals surface area contributed by atoms with Crippen LogP contribution in [0.5, 0.6) is 0 Å². The van der Waals surface area contributed by atoms with Gasteiger partial charge in [-0.1, -0.05) is 0 Å². The Kier molecular flexibility index (Phi) is 3.20. The van der Waals surface area contributed by atoms with Crippen molar-refractivity contribution >= 4 is 5.69 Å². The van der Waals surface area contributed by atoms with Crippen LogP contribution in [0, 0.1) is 29.1 Å². The van der Waals surface area contributed by atoms with E-state index in [9.17, 15) is 4.39 Å². The molecule has 0 amide bonds. The highest BCUT2D eigenvalue weighted by molar-refractivity contribution is 5.40. The summed E-state index contributed by atoms with van der Waals surface area (Å²) in [6.45, 7) is 2.27. The van der Waals surface area contributed by atoms with Crippen molar-refractivity contribution < 1.29 is 4.39 Å². The highest BCUT2D eigenvalue weighted by Gasteiger charge is 2.50. The Hall–Kier alpha value is -1.12. The molecule has 1 N–H and O–H groups in total. The number of hydrogen-bond acceptors (Lipinski definition) is 2. The lowest BCUT2D eigenvalue weighted by atomic mass is 9.48. The standard InChI is InChI=1S/C18H25FN2/c1-12(21-16-2-3-17(19)20-11-16)7-18-8-13-4-14(9-18)6-15(5-13)10-18/h2-3,11-15,21H,4-10H2,1H3. The van der Waals surface area contributed by atoms with E-state index >= 15 is 0 Å². The van der Waals surface area contributed by atoms with Crippen LogP contribution in [0.1, 0.15) is 51.9 Å². The quantitative estimate of drug-likeness (QED) is 0.817. The first-order valence-electron chi connectivity index (χ1n) is 8.48. The molecule has 1 aromatic rings. The van der Waals surface area contributed by atoms with Crippen LogP contribution in [-0.2, 0) is 0 Å². The number of hydrogen-bond donors (Lipinski definition) is 1. The first-order chi connectivity index (χ1) is 10.1. The largest absolute Gasteiger partial charge is 0.381 e. The first-order valence-corrected chi connectivity index (χ1v) is 8.48. The van der Waals surface area contributed by atoms with Crippen LogP contribution in [0.4, 0.5) is 10.1 Å². The van der Waals surface area contributed by atoms with Gasteiger partial charge in [0.05, 0.1) is 11.9 Å². The molecular weight excluding hydrogens is 263 g/mol. The van der Waals surface area contributed by atoms with Crippen LogP contribution in [-0.4, -0.2) is 11.0 Å². The lowest BCUT2D eigenvalue weighted by Gasteiger charge is -2.57. The fourth-order valence-corrected chi connectivity index (χ4v) is 5.99. The summed E-state index contributed by atoms with van der Waals surface area (Å²) >= 11 is 0. The van der Waals surface area contributed by atoms with Crippen molar-refractivity contribution in [2.45, 2.75) is 57.9 Å². The van der Waals surface area contributed by atoms with Crippen LogP contribution in [0.15, 0.2) is 18.3 Å². The van der Waals surface area contributed by atoms with Gasteiger partial charge in [0.15, 0.2) is 0 Å². The highest BCUT2D eigenvalue weighted by Crippen LogP contribution is 2.61. The smallest absolute Gasteiger partial charge is 0.212 e. The Morgan fingerprint density at radius 1 is 1.19 bits per heavy atom. The molecule has 0 aliphatic heterocycles. The Bertz CT molecular complexity index is 475. The Balaban J connectivity index is 1.42. The summed E-state index contributed by atoms with van der Waals surface area (Å²) in [5.74, 6) is 2.62. The van der Waals surface area contributed by atoms with E-state index in [0.29, 0.717) is 11.5 Å². The lowest BCUT2D eigenvalue weighted by molar-refractivity contribution is -0.0587. The van der Waals surface area contributed by atoms with Gasteiger partial charge in [0, 0.05) is 6.04 Å². The summed E-state index contributed by atoms with van der Waals surface area (Å²) < 4.78 is 12.9. The summed E-state index contributed by atoms with van der Waals surface area (Å²) in [6.07, 6.45) is 11.7. The molecule has 4 bridgehead atoms. The van der Waals surface area contributed by atoms with Crippen LogP contribution in [0.25, 0.3) is 0 Å². The molecule has 0 aromatic carbocycles. The number of anilines is 1. The molecule has 4 fully saturated rings. The molecule has 1 unspecified atom stereocenters. The Morgan fingerprint density at radius 2 is 1.81 bits per heavy atom. The van der Waals surface area contributed by atoms with Crippen LogP contribution in [0.3, 0.4) is 0 Å². The van der Waals surface area contributed by atoms with Crippen LogP contribution in [0.2, 0.25) is 0 Å². The van der Waals surface area contributed by atoms with Gasteiger partial charge < -0.3 is 5.32 Å². The van der Waals surface area contributed by atoms with E-state index in [4.69, 9.17) is 0 Å². The molecule has 2 nitrogen and oxygen atoms in total. The predicted octanol–water partition coefficient (Wildman–Crippen LogP) is 4.63. The second-order valence-corrected chi connectivity index (χ2v) is 8.04. The fourth-order valence-electron chi connectivity index (χ4n) is 5.99. The summed E-state index contributed by atoms with van der Waals surface area (Å²) in [5.41, 5.74) is 1.53. The summed E-state index contributed by atoms with van der Waals surface area (Å²) in [5, 5.41) is 3.51. The van der Waals surface area contributed by atoms with E-state index in [0.717, 1.165) is 23.4 Å². The second kappa shape index (κ2) is 4.96. The highest BCUT2D eigenvalue weighted by atomic mass is 19.1. The van der Waals surface area contributed by atoms with E-state index in [-0.39, 0.29) is 0 Å². The van der Waals surface area contributed by atoms with Crippen molar-refractivity contribution in [1.29, 1.82) is 0 Å². The SMILES string of the molecule is CC(CC12CC3CC(CC(C3)C1)C2)Nc1ccc(F)nc1. The number of pyridine rings is 1. The van der Waals surface area contributed by atoms with E-state index in [2.05, 4.69) is 17.2 Å². The van der Waals surface area contributed by atoms with E-state index < -0.39 is 5.95 Å². The van der Waals surface area contributed by atoms with Gasteiger partial charge in [-0.15, -0.1) is 0 Å². The van der Waals surface area contributed by atoms with Crippen LogP contribution < -0.4 is 5.32 Å². The molecule has 4 aliphatic carbocycles. The maximum Gasteiger partial charge on any atom is 0.212 e. The van der Waals surface area contributed by atoms with E-state index in [1.807, 2.05) is 0 Å². The number of aromatic nitrogens is 1. The van der Waals surface area contributed by atoms with Gasteiger partial charge in [-0.25, -0.2) is 4.98 Å². The molecule has 0 spiro atoms. The van der Waals surface area contributed by atoms with Gasteiger partial charge in [0.1, 0.15) is 0 Å². The van der Waals surface area contributed by atoms with E-state index in [1.54, 1.807) is 12.3 Å². The third-order valence-corrected chi connectivity index (χ3v) is 6.04. The zero-order valence-electron chi connectivity index (χ0n) is 12.8. The summed E-state index contributed by atoms with van der Waals surface area (Å²) in [7, 11) is 0. The van der Waals surface area contributed by atoms with Gasteiger partial charge in [0.2, 0.25) is 5.95 Å². The van der Waals surface area contributed by atoms with Crippen molar-refractivity contribution in [3.63, 3.8) is 0 Å². The van der Waals surface area contributed by atoms with Crippen molar-refractivity contribution in [3.05, 3.63) is 24.3 Å². The summed E-state index contributed by atoms with van der Waals surface area (Å²) in [4.78, 5) is 3.73. The van der Waals surface area contributed by atoms with Crippen molar-refractivity contribution in [2.24, 2.45) is 23.2 Å². The first kappa shape index (κ1) is 13.5. The molecule has 114 valence electrons. The average Bonchev–Trinajstić information content (AvgIpc) is 2.39. The zero-order valence-corrected chi connectivity index (χ0v) is 12.8. The lowest BCUT2D eigenvalue weighted by Crippen LogP contribution is -2.47. The monoisotopic (exact) mass is 288 g/mol. The van der Waals surface area contributed by atoms with Gasteiger partial charge in [-0.05, 0) is 87.2 Å². The molecule has 0 radical (unpaired) electrons. The topological polar surface area (TPSA) is 24.9 Å². The van der Waals surface area contributed by atoms with Crippen molar-refractivity contribution in [1.82, 2.24) is 4.98 Å². The summed E-state index contributed by atoms with van der Waals surface area (Å²) in [6, 6.07) is 3.66. The number of rotatable bonds is 4. The molecule has 1 aromatic heterocycles. The molecule has 1 heterocycles. The maximum absolute atomic E-state index is 12.9. The molecular formula is C18H25FN2. The number of halogens is 1. The maximum atomic E-state index is 12.9. The predicted molar refractivity (Wildman–Crippen MR) is 82.5 cm³/mol. The minimum Gasteiger partial charge on any atom is -0.381 e. The minimum atomic E-state index is -0.408. The molecule has 0 saturated heterocycles. The second-order valence-electron chi connectivity index (χ2n) is 8.04. The third kappa shape index (κ3) is 2.67. The molecule has 4 saturated carbocycles. The molecule has 3 heteroatoms. The third-order valence-electron chi connectivity index (χ3n) is 6.04. The Morgan fingerprint density at radius 3 is 2.33 bits per heavy atom. The zero-order chi connectivity index (χ0) is 14.4. The van der Waals surface area contributed by atoms with Crippen molar-refractivity contribution in [2.75, 3.05) is 5.32 Å². The normalized spacial score (nSPS) is 38.5. The van der Waals surface area contributed by atoms with Gasteiger partial charge >= 0.3 is 0 Å². The minimum absolute atomic E-state index is 0.408. The molecule has 1 atom stereocenters. The van der Waals surface area contributed by atoms with Gasteiger partial charge in [-0.3, -0.25) is 0 Å². The van der Waals surface area contributed by atoms with Crippen molar-refractivity contribution in [3.8, 4) is 0 Å². The van der Waals surface area contributed by atoms with Gasteiger partial charge in [-0.2, -0.15) is 4.39 Å². The molecule has 21 heavy (non-hydrogen) atoms. The fraction of sp³-hybridized carbons (Fsp3) is 0.722. The number of nitrogens with one attached hydrogen (secondary N) is 1.